The lowest BCUT2D eigenvalue weighted by molar-refractivity contribution is 0.0945. The van der Waals surface area contributed by atoms with Crippen molar-refractivity contribution in [3.05, 3.63) is 42.0 Å². The van der Waals surface area contributed by atoms with Crippen molar-refractivity contribution in [2.45, 2.75) is 20.3 Å². The Morgan fingerprint density at radius 2 is 2.29 bits per heavy atom. The van der Waals surface area contributed by atoms with Crippen LogP contribution in [0.1, 0.15) is 29.3 Å². The van der Waals surface area contributed by atoms with Gasteiger partial charge in [-0.25, -0.2) is 9.67 Å². The molecule has 6 heteroatoms. The number of amides is 1. The molecular weight excluding hydrogens is 268 g/mol. The number of nitrogens with one attached hydrogen (secondary N) is 1. The third kappa shape index (κ3) is 3.88. The Hall–Kier alpha value is -2.21. The van der Waals surface area contributed by atoms with Crippen molar-refractivity contribution >= 4 is 5.91 Å². The second-order valence-corrected chi connectivity index (χ2v) is 5.17. The number of benzene rings is 1. The van der Waals surface area contributed by atoms with Gasteiger partial charge < -0.3 is 10.4 Å². The van der Waals surface area contributed by atoms with Crippen molar-refractivity contribution in [2.24, 2.45) is 5.92 Å². The largest absolute Gasteiger partial charge is 0.396 e. The Kier molecular flexibility index (Phi) is 5.05. The van der Waals surface area contributed by atoms with Crippen molar-refractivity contribution in [3.63, 3.8) is 0 Å². The number of nitrogens with zero attached hydrogens (tertiary/aromatic N) is 3. The highest BCUT2D eigenvalue weighted by Crippen LogP contribution is 2.14. The summed E-state index contributed by atoms with van der Waals surface area (Å²) >= 11 is 0. The predicted molar refractivity (Wildman–Crippen MR) is 79.3 cm³/mol. The van der Waals surface area contributed by atoms with E-state index in [-0.39, 0.29) is 18.4 Å². The Labute approximate surface area is 123 Å². The molecule has 0 aliphatic carbocycles. The van der Waals surface area contributed by atoms with Gasteiger partial charge in [0, 0.05) is 18.7 Å². The number of rotatable bonds is 6. The average Bonchev–Trinajstić information content (AvgIpc) is 2.99. The molecule has 112 valence electrons. The summed E-state index contributed by atoms with van der Waals surface area (Å²) in [5.74, 6) is 0.155. The van der Waals surface area contributed by atoms with E-state index in [1.54, 1.807) is 17.1 Å². The van der Waals surface area contributed by atoms with Crippen LogP contribution in [-0.4, -0.2) is 38.9 Å². The molecule has 6 nitrogen and oxygen atoms in total. The van der Waals surface area contributed by atoms with Crippen LogP contribution in [0.4, 0.5) is 0 Å². The number of hydrogen-bond acceptors (Lipinski definition) is 4. The molecule has 2 rings (SSSR count). The van der Waals surface area contributed by atoms with E-state index in [0.29, 0.717) is 18.5 Å². The maximum Gasteiger partial charge on any atom is 0.251 e. The van der Waals surface area contributed by atoms with E-state index in [9.17, 15) is 4.79 Å². The number of carbonyl (C=O) groups is 1. The van der Waals surface area contributed by atoms with Crippen LogP contribution in [0.15, 0.2) is 30.9 Å². The fourth-order valence-corrected chi connectivity index (χ4v) is 2.08. The second kappa shape index (κ2) is 6.99. The summed E-state index contributed by atoms with van der Waals surface area (Å²) in [6.45, 7) is 4.63. The molecule has 2 N–H and O–H groups in total. The van der Waals surface area contributed by atoms with E-state index in [1.165, 1.54) is 6.33 Å². The van der Waals surface area contributed by atoms with Crippen molar-refractivity contribution in [3.8, 4) is 5.69 Å². The highest BCUT2D eigenvalue weighted by atomic mass is 16.3. The topological polar surface area (TPSA) is 80.0 Å². The van der Waals surface area contributed by atoms with E-state index in [0.717, 1.165) is 11.3 Å². The zero-order chi connectivity index (χ0) is 15.2. The number of aliphatic hydroxyl groups is 1. The van der Waals surface area contributed by atoms with E-state index < -0.39 is 0 Å². The number of carbonyl (C=O) groups excluding carboxylic acids is 1. The molecule has 0 fully saturated rings. The van der Waals surface area contributed by atoms with Crippen molar-refractivity contribution < 1.29 is 9.90 Å². The molecule has 0 radical (unpaired) electrons. The van der Waals surface area contributed by atoms with Gasteiger partial charge in [0.1, 0.15) is 12.7 Å². The maximum atomic E-state index is 12.1. The van der Waals surface area contributed by atoms with Crippen LogP contribution in [0, 0.1) is 12.8 Å². The second-order valence-electron chi connectivity index (χ2n) is 5.17. The first-order chi connectivity index (χ1) is 10.1. The van der Waals surface area contributed by atoms with Crippen LogP contribution in [-0.2, 0) is 0 Å². The summed E-state index contributed by atoms with van der Waals surface area (Å²) in [7, 11) is 0. The Bertz CT molecular complexity index is 596. The average molecular weight is 288 g/mol. The van der Waals surface area contributed by atoms with Crippen LogP contribution in [0.25, 0.3) is 5.69 Å². The third-order valence-electron chi connectivity index (χ3n) is 3.36. The van der Waals surface area contributed by atoms with Gasteiger partial charge in [-0.1, -0.05) is 6.92 Å². The highest BCUT2D eigenvalue weighted by molar-refractivity contribution is 5.94. The molecule has 0 bridgehead atoms. The van der Waals surface area contributed by atoms with Gasteiger partial charge in [0.2, 0.25) is 0 Å². The normalized spacial score (nSPS) is 12.1. The molecule has 1 aromatic heterocycles. The SMILES string of the molecule is Cc1cc(C(=O)NCC(C)CCO)ccc1-n1cncn1. The zero-order valence-corrected chi connectivity index (χ0v) is 12.3. The first-order valence-electron chi connectivity index (χ1n) is 6.96. The Morgan fingerprint density at radius 1 is 1.48 bits per heavy atom. The van der Waals surface area contributed by atoms with Gasteiger partial charge in [-0.2, -0.15) is 5.10 Å². The minimum atomic E-state index is -0.104. The van der Waals surface area contributed by atoms with Gasteiger partial charge >= 0.3 is 0 Å². The van der Waals surface area contributed by atoms with Gasteiger partial charge in [0.05, 0.1) is 5.69 Å². The van der Waals surface area contributed by atoms with Crippen molar-refractivity contribution in [2.75, 3.05) is 13.2 Å². The molecule has 0 aliphatic rings. The van der Waals surface area contributed by atoms with Crippen LogP contribution in [0.5, 0.6) is 0 Å². The first kappa shape index (κ1) is 15.2. The van der Waals surface area contributed by atoms with E-state index in [1.807, 2.05) is 26.0 Å². The van der Waals surface area contributed by atoms with Gasteiger partial charge in [-0.05, 0) is 43.0 Å². The molecule has 2 aromatic rings. The summed E-state index contributed by atoms with van der Waals surface area (Å²) in [5, 5.41) is 15.8. The maximum absolute atomic E-state index is 12.1. The Balaban J connectivity index is 2.04. The van der Waals surface area contributed by atoms with Crippen LogP contribution in [0.3, 0.4) is 0 Å². The predicted octanol–water partition coefficient (Wildman–Crippen LogP) is 1.32. The zero-order valence-electron chi connectivity index (χ0n) is 12.3. The molecule has 1 atom stereocenters. The van der Waals surface area contributed by atoms with Gasteiger partial charge in [0.25, 0.3) is 5.91 Å². The molecule has 0 saturated carbocycles. The summed E-state index contributed by atoms with van der Waals surface area (Å²) in [4.78, 5) is 16.0. The number of aryl methyl sites for hydroxylation is 1. The lowest BCUT2D eigenvalue weighted by atomic mass is 10.1. The fraction of sp³-hybridized carbons (Fsp3) is 0.400. The van der Waals surface area contributed by atoms with Crippen molar-refractivity contribution in [1.82, 2.24) is 20.1 Å². The van der Waals surface area contributed by atoms with Crippen LogP contribution in [0.2, 0.25) is 0 Å². The molecule has 0 saturated heterocycles. The summed E-state index contributed by atoms with van der Waals surface area (Å²) in [5.41, 5.74) is 2.47. The number of aromatic nitrogens is 3. The molecule has 21 heavy (non-hydrogen) atoms. The lowest BCUT2D eigenvalue weighted by Crippen LogP contribution is -2.28. The summed E-state index contributed by atoms with van der Waals surface area (Å²) < 4.78 is 1.67. The van der Waals surface area contributed by atoms with E-state index in [4.69, 9.17) is 5.11 Å². The molecular formula is C15H20N4O2. The minimum absolute atomic E-state index is 0.104. The van der Waals surface area contributed by atoms with Crippen molar-refractivity contribution in [1.29, 1.82) is 0 Å². The standard InChI is InChI=1S/C15H20N4O2/c1-11(5-6-20)8-17-15(21)13-3-4-14(12(2)7-13)19-10-16-9-18-19/h3-4,7,9-11,20H,5-6,8H2,1-2H3,(H,17,21). The molecule has 1 unspecified atom stereocenters. The summed E-state index contributed by atoms with van der Waals surface area (Å²) in [6.07, 6.45) is 3.78. The van der Waals surface area contributed by atoms with Gasteiger partial charge in [-0.15, -0.1) is 0 Å². The monoisotopic (exact) mass is 288 g/mol. The van der Waals surface area contributed by atoms with Crippen LogP contribution < -0.4 is 5.32 Å². The van der Waals surface area contributed by atoms with Crippen LogP contribution >= 0.6 is 0 Å². The highest BCUT2D eigenvalue weighted by Gasteiger charge is 2.10. The first-order valence-corrected chi connectivity index (χ1v) is 6.96. The molecule has 1 amide bonds. The molecule has 1 heterocycles. The van der Waals surface area contributed by atoms with E-state index >= 15 is 0 Å². The van der Waals surface area contributed by atoms with E-state index in [2.05, 4.69) is 15.4 Å². The third-order valence-corrected chi connectivity index (χ3v) is 3.36. The quantitative estimate of drug-likeness (QED) is 0.840. The number of hydrogen-bond donors (Lipinski definition) is 2. The molecule has 0 aliphatic heterocycles. The smallest absolute Gasteiger partial charge is 0.251 e. The summed E-state index contributed by atoms with van der Waals surface area (Å²) in [6, 6.07) is 5.47. The lowest BCUT2D eigenvalue weighted by Gasteiger charge is -2.12. The fourth-order valence-electron chi connectivity index (χ4n) is 2.08. The molecule has 0 spiro atoms. The number of aliphatic hydroxyl groups excluding tert-OH is 1. The Morgan fingerprint density at radius 3 is 2.90 bits per heavy atom. The van der Waals surface area contributed by atoms with Gasteiger partial charge in [-0.3, -0.25) is 4.79 Å². The van der Waals surface area contributed by atoms with Gasteiger partial charge in [0.15, 0.2) is 0 Å². The minimum Gasteiger partial charge on any atom is -0.396 e. The molecule has 1 aromatic carbocycles.